The average molecular weight is 297 g/mol. The van der Waals surface area contributed by atoms with Crippen molar-refractivity contribution in [2.24, 2.45) is 0 Å². The van der Waals surface area contributed by atoms with Crippen LogP contribution in [0.15, 0.2) is 24.3 Å². The van der Waals surface area contributed by atoms with E-state index in [1.807, 2.05) is 19.2 Å². The van der Waals surface area contributed by atoms with Crippen LogP contribution in [0.3, 0.4) is 0 Å². The molecule has 0 bridgehead atoms. The van der Waals surface area contributed by atoms with Crippen molar-refractivity contribution in [1.29, 1.82) is 0 Å². The number of carbonyl (C=O) groups excluding carboxylic acids is 1. The highest BCUT2D eigenvalue weighted by atomic mass is 32.2. The van der Waals surface area contributed by atoms with Crippen molar-refractivity contribution in [1.82, 2.24) is 4.90 Å². The number of sulfone groups is 1. The van der Waals surface area contributed by atoms with Gasteiger partial charge in [-0.1, -0.05) is 12.1 Å². The summed E-state index contributed by atoms with van der Waals surface area (Å²) in [5.74, 6) is 0.166. The molecule has 1 aliphatic heterocycles. The molecule has 0 N–H and O–H groups in total. The van der Waals surface area contributed by atoms with Gasteiger partial charge in [-0.15, -0.1) is 0 Å². The van der Waals surface area contributed by atoms with Crippen molar-refractivity contribution in [2.75, 3.05) is 25.7 Å². The van der Waals surface area contributed by atoms with Gasteiger partial charge in [-0.3, -0.25) is 4.90 Å². The topological polar surface area (TPSA) is 63.7 Å². The van der Waals surface area contributed by atoms with E-state index in [-0.39, 0.29) is 23.5 Å². The lowest BCUT2D eigenvalue weighted by atomic mass is 10.1. The van der Waals surface area contributed by atoms with Gasteiger partial charge < -0.3 is 4.74 Å². The van der Waals surface area contributed by atoms with Crippen molar-refractivity contribution < 1.29 is 17.9 Å². The summed E-state index contributed by atoms with van der Waals surface area (Å²) in [5.41, 5.74) is 1.56. The van der Waals surface area contributed by atoms with E-state index in [0.717, 1.165) is 5.56 Å². The van der Waals surface area contributed by atoms with Gasteiger partial charge in [0.25, 0.3) is 0 Å². The van der Waals surface area contributed by atoms with Gasteiger partial charge in [0.1, 0.15) is 0 Å². The third kappa shape index (κ3) is 3.58. The summed E-state index contributed by atoms with van der Waals surface area (Å²) in [6, 6.07) is 7.26. The molecule has 2 rings (SSSR count). The first-order valence-electron chi connectivity index (χ1n) is 6.49. The van der Waals surface area contributed by atoms with Crippen LogP contribution in [0.1, 0.15) is 22.3 Å². The third-order valence-corrected chi connectivity index (χ3v) is 5.39. The Kier molecular flexibility index (Phi) is 4.45. The molecule has 0 aromatic heterocycles. The number of carbonyl (C=O) groups is 1. The van der Waals surface area contributed by atoms with Gasteiger partial charge in [-0.2, -0.15) is 0 Å². The van der Waals surface area contributed by atoms with Gasteiger partial charge >= 0.3 is 5.97 Å². The Labute approximate surface area is 119 Å². The SMILES string of the molecule is COC(=O)c1ccc(CN(C)[C@@H]2CCS(=O)(=O)C2)cc1. The summed E-state index contributed by atoms with van der Waals surface area (Å²) in [6.07, 6.45) is 0.694. The van der Waals surface area contributed by atoms with Gasteiger partial charge in [-0.25, -0.2) is 13.2 Å². The Hall–Kier alpha value is -1.40. The van der Waals surface area contributed by atoms with Crippen LogP contribution in [0.2, 0.25) is 0 Å². The number of rotatable bonds is 4. The van der Waals surface area contributed by atoms with Crippen molar-refractivity contribution >= 4 is 15.8 Å². The summed E-state index contributed by atoms with van der Waals surface area (Å²) < 4.78 is 27.6. The first-order chi connectivity index (χ1) is 9.41. The van der Waals surface area contributed by atoms with Crippen molar-refractivity contribution in [2.45, 2.75) is 19.0 Å². The smallest absolute Gasteiger partial charge is 0.337 e. The molecule has 0 amide bonds. The fourth-order valence-electron chi connectivity index (χ4n) is 2.40. The number of hydrogen-bond donors (Lipinski definition) is 0. The van der Waals surface area contributed by atoms with E-state index >= 15 is 0 Å². The number of esters is 1. The highest BCUT2D eigenvalue weighted by Crippen LogP contribution is 2.18. The van der Waals surface area contributed by atoms with Crippen LogP contribution < -0.4 is 0 Å². The Morgan fingerprint density at radius 3 is 2.50 bits per heavy atom. The molecular weight excluding hydrogens is 278 g/mol. The lowest BCUT2D eigenvalue weighted by molar-refractivity contribution is 0.0600. The Bertz CT molecular complexity index is 580. The molecule has 20 heavy (non-hydrogen) atoms. The molecule has 1 aliphatic rings. The van der Waals surface area contributed by atoms with E-state index in [2.05, 4.69) is 9.64 Å². The highest BCUT2D eigenvalue weighted by molar-refractivity contribution is 7.91. The van der Waals surface area contributed by atoms with Crippen LogP contribution in [0.5, 0.6) is 0 Å². The molecule has 0 radical (unpaired) electrons. The highest BCUT2D eigenvalue weighted by Gasteiger charge is 2.30. The number of hydrogen-bond acceptors (Lipinski definition) is 5. The van der Waals surface area contributed by atoms with Crippen LogP contribution in [0.25, 0.3) is 0 Å². The molecule has 1 fully saturated rings. The van der Waals surface area contributed by atoms with Crippen LogP contribution >= 0.6 is 0 Å². The monoisotopic (exact) mass is 297 g/mol. The summed E-state index contributed by atoms with van der Waals surface area (Å²) in [6.45, 7) is 0.668. The molecule has 0 spiro atoms. The first kappa shape index (κ1) is 15.0. The molecule has 110 valence electrons. The number of nitrogens with zero attached hydrogens (tertiary/aromatic N) is 1. The zero-order valence-corrected chi connectivity index (χ0v) is 12.5. The minimum absolute atomic E-state index is 0.0836. The minimum atomic E-state index is -2.86. The van der Waals surface area contributed by atoms with Crippen LogP contribution in [-0.4, -0.2) is 51.0 Å². The molecule has 1 aromatic carbocycles. The fraction of sp³-hybridized carbons (Fsp3) is 0.500. The van der Waals surface area contributed by atoms with Crippen molar-refractivity contribution in [3.63, 3.8) is 0 Å². The molecule has 6 heteroatoms. The van der Waals surface area contributed by atoms with Gasteiger partial charge in [0.2, 0.25) is 0 Å². The van der Waals surface area contributed by atoms with Crippen LogP contribution in [0, 0.1) is 0 Å². The summed E-state index contributed by atoms with van der Waals surface area (Å²) in [7, 11) is 0.425. The second-order valence-electron chi connectivity index (χ2n) is 5.16. The maximum absolute atomic E-state index is 11.5. The first-order valence-corrected chi connectivity index (χ1v) is 8.31. The normalized spacial score (nSPS) is 21.1. The number of ether oxygens (including phenoxy) is 1. The van der Waals surface area contributed by atoms with Gasteiger partial charge in [0.05, 0.1) is 24.2 Å². The fourth-order valence-corrected chi connectivity index (χ4v) is 4.21. The zero-order valence-electron chi connectivity index (χ0n) is 11.7. The zero-order chi connectivity index (χ0) is 14.8. The molecular formula is C14H19NO4S. The maximum Gasteiger partial charge on any atom is 0.337 e. The lowest BCUT2D eigenvalue weighted by Crippen LogP contribution is -2.32. The quantitative estimate of drug-likeness (QED) is 0.779. The van der Waals surface area contributed by atoms with E-state index in [1.165, 1.54) is 7.11 Å². The molecule has 0 saturated carbocycles. The third-order valence-electron chi connectivity index (χ3n) is 3.64. The van der Waals surface area contributed by atoms with E-state index < -0.39 is 9.84 Å². The molecule has 5 nitrogen and oxygen atoms in total. The Morgan fingerprint density at radius 2 is 2.00 bits per heavy atom. The van der Waals surface area contributed by atoms with Crippen molar-refractivity contribution in [3.8, 4) is 0 Å². The van der Waals surface area contributed by atoms with E-state index in [4.69, 9.17) is 0 Å². The van der Waals surface area contributed by atoms with E-state index in [9.17, 15) is 13.2 Å². The molecule has 1 aromatic rings. The van der Waals surface area contributed by atoms with Crippen molar-refractivity contribution in [3.05, 3.63) is 35.4 Å². The molecule has 0 unspecified atom stereocenters. The lowest BCUT2D eigenvalue weighted by Gasteiger charge is -2.23. The average Bonchev–Trinajstić information content (AvgIpc) is 2.79. The van der Waals surface area contributed by atoms with Gasteiger partial charge in [0, 0.05) is 12.6 Å². The van der Waals surface area contributed by atoms with Crippen LogP contribution in [0.4, 0.5) is 0 Å². The summed E-state index contributed by atoms with van der Waals surface area (Å²) in [4.78, 5) is 13.4. The summed E-state index contributed by atoms with van der Waals surface area (Å²) >= 11 is 0. The number of methoxy groups -OCH3 is 1. The molecule has 1 atom stereocenters. The summed E-state index contributed by atoms with van der Waals surface area (Å²) in [5, 5.41) is 0. The molecule has 0 aliphatic carbocycles. The Balaban J connectivity index is 1.98. The largest absolute Gasteiger partial charge is 0.465 e. The van der Waals surface area contributed by atoms with Gasteiger partial charge in [-0.05, 0) is 31.2 Å². The number of benzene rings is 1. The second kappa shape index (κ2) is 5.93. The standard InChI is InChI=1S/C14H19NO4S/c1-15(13-7-8-20(17,18)10-13)9-11-3-5-12(6-4-11)14(16)19-2/h3-6,13H,7-10H2,1-2H3/t13-/m1/s1. The van der Waals surface area contributed by atoms with Crippen LogP contribution in [-0.2, 0) is 21.1 Å². The molecule has 1 heterocycles. The molecule has 1 saturated heterocycles. The predicted octanol–water partition coefficient (Wildman–Crippen LogP) is 1.09. The maximum atomic E-state index is 11.5. The van der Waals surface area contributed by atoms with Gasteiger partial charge in [0.15, 0.2) is 9.84 Å². The predicted molar refractivity (Wildman–Crippen MR) is 76.3 cm³/mol. The minimum Gasteiger partial charge on any atom is -0.465 e. The second-order valence-corrected chi connectivity index (χ2v) is 7.39. The Morgan fingerprint density at radius 1 is 1.35 bits per heavy atom. The van der Waals surface area contributed by atoms with E-state index in [1.54, 1.807) is 12.1 Å². The van der Waals surface area contributed by atoms with E-state index in [0.29, 0.717) is 18.5 Å².